The lowest BCUT2D eigenvalue weighted by atomic mass is 10.3. The molecular formula is C10H7BrClNO4. The molecule has 0 atom stereocenters. The third kappa shape index (κ3) is 2.37. The molecule has 1 aromatic heterocycles. The van der Waals surface area contributed by atoms with Gasteiger partial charge in [0.25, 0.3) is 0 Å². The van der Waals surface area contributed by atoms with Crippen LogP contribution >= 0.6 is 27.5 Å². The lowest BCUT2D eigenvalue weighted by Crippen LogP contribution is -2.16. The Bertz CT molecular complexity index is 646. The molecule has 0 bridgehead atoms. The number of carboxylic acid groups (broad SMARTS) is 1. The molecule has 1 heterocycles. The first-order valence-electron chi connectivity index (χ1n) is 4.69. The first kappa shape index (κ1) is 12.2. The van der Waals surface area contributed by atoms with Gasteiger partial charge in [-0.25, -0.2) is 4.79 Å². The van der Waals surface area contributed by atoms with Crippen LogP contribution in [0.25, 0.3) is 11.1 Å². The number of carbonyl (C=O) groups is 1. The van der Waals surface area contributed by atoms with Crippen molar-refractivity contribution in [3.63, 3.8) is 0 Å². The minimum absolute atomic E-state index is 0.0547. The highest BCUT2D eigenvalue weighted by Gasteiger charge is 2.12. The maximum Gasteiger partial charge on any atom is 0.419 e. The summed E-state index contributed by atoms with van der Waals surface area (Å²) in [6.45, 7) is 0.0547. The second kappa shape index (κ2) is 4.54. The minimum atomic E-state index is -0.977. The van der Waals surface area contributed by atoms with Crippen LogP contribution < -0.4 is 5.76 Å². The van der Waals surface area contributed by atoms with Gasteiger partial charge < -0.3 is 9.52 Å². The van der Waals surface area contributed by atoms with Crippen molar-refractivity contribution in [2.75, 3.05) is 0 Å². The van der Waals surface area contributed by atoms with Gasteiger partial charge >= 0.3 is 11.7 Å². The average molecular weight is 321 g/mol. The van der Waals surface area contributed by atoms with Gasteiger partial charge in [0.15, 0.2) is 5.58 Å². The molecule has 0 unspecified atom stereocenters. The highest BCUT2D eigenvalue weighted by molar-refractivity contribution is 9.10. The lowest BCUT2D eigenvalue weighted by molar-refractivity contribution is -0.137. The second-order valence-corrected chi connectivity index (χ2v) is 4.66. The number of nitrogens with zero attached hydrogens (tertiary/aromatic N) is 1. The van der Waals surface area contributed by atoms with Crippen molar-refractivity contribution < 1.29 is 14.3 Å². The molecule has 0 amide bonds. The summed E-state index contributed by atoms with van der Waals surface area (Å²) >= 11 is 9.13. The predicted octanol–water partition coefficient (Wildman–Crippen LogP) is 2.49. The maximum absolute atomic E-state index is 11.5. The zero-order chi connectivity index (χ0) is 12.6. The first-order valence-corrected chi connectivity index (χ1v) is 5.86. The highest BCUT2D eigenvalue weighted by atomic mass is 79.9. The van der Waals surface area contributed by atoms with Gasteiger partial charge in [0.05, 0.1) is 17.0 Å². The summed E-state index contributed by atoms with van der Waals surface area (Å²) in [5.74, 6) is -1.56. The van der Waals surface area contributed by atoms with Gasteiger partial charge in [0.2, 0.25) is 0 Å². The molecule has 0 saturated carbocycles. The summed E-state index contributed by atoms with van der Waals surface area (Å²) in [6.07, 6.45) is -0.151. The van der Waals surface area contributed by atoms with Crippen molar-refractivity contribution in [3.05, 3.63) is 32.2 Å². The van der Waals surface area contributed by atoms with Crippen LogP contribution in [0.4, 0.5) is 0 Å². The minimum Gasteiger partial charge on any atom is -0.481 e. The van der Waals surface area contributed by atoms with Gasteiger partial charge in [-0.1, -0.05) is 11.6 Å². The van der Waals surface area contributed by atoms with Crippen LogP contribution in [0.3, 0.4) is 0 Å². The lowest BCUT2D eigenvalue weighted by Gasteiger charge is -2.00. The monoisotopic (exact) mass is 319 g/mol. The number of aryl methyl sites for hydroxylation is 1. The molecule has 1 aromatic carbocycles. The Morgan fingerprint density at radius 1 is 1.53 bits per heavy atom. The van der Waals surface area contributed by atoms with Crippen molar-refractivity contribution in [3.8, 4) is 0 Å². The Hall–Kier alpha value is -1.27. The molecule has 0 saturated heterocycles. The van der Waals surface area contributed by atoms with E-state index in [1.807, 2.05) is 0 Å². The molecule has 0 aliphatic rings. The quantitative estimate of drug-likeness (QED) is 0.943. The van der Waals surface area contributed by atoms with E-state index < -0.39 is 11.7 Å². The van der Waals surface area contributed by atoms with Crippen LogP contribution in [0.5, 0.6) is 0 Å². The van der Waals surface area contributed by atoms with E-state index in [9.17, 15) is 9.59 Å². The van der Waals surface area contributed by atoms with Gasteiger partial charge in [-0.3, -0.25) is 9.36 Å². The van der Waals surface area contributed by atoms with E-state index in [0.717, 1.165) is 0 Å². The van der Waals surface area contributed by atoms with Crippen LogP contribution in [-0.4, -0.2) is 15.6 Å². The van der Waals surface area contributed by atoms with Crippen LogP contribution in [0.1, 0.15) is 6.42 Å². The van der Waals surface area contributed by atoms with Gasteiger partial charge in [0.1, 0.15) is 0 Å². The summed E-state index contributed by atoms with van der Waals surface area (Å²) in [6, 6.07) is 3.14. The molecule has 2 rings (SSSR count). The predicted molar refractivity (Wildman–Crippen MR) is 65.4 cm³/mol. The molecule has 17 heavy (non-hydrogen) atoms. The zero-order valence-corrected chi connectivity index (χ0v) is 10.8. The molecule has 7 heteroatoms. The number of benzene rings is 1. The molecule has 1 N–H and O–H groups in total. The number of carboxylic acids is 1. The van der Waals surface area contributed by atoms with E-state index >= 15 is 0 Å². The largest absolute Gasteiger partial charge is 0.481 e. The van der Waals surface area contributed by atoms with E-state index in [0.29, 0.717) is 20.6 Å². The number of oxazole rings is 1. The molecule has 0 fully saturated rings. The third-order valence-corrected chi connectivity index (χ3v) is 3.46. The van der Waals surface area contributed by atoms with Crippen LogP contribution in [-0.2, 0) is 11.3 Å². The van der Waals surface area contributed by atoms with Crippen molar-refractivity contribution >= 4 is 44.6 Å². The van der Waals surface area contributed by atoms with Crippen molar-refractivity contribution in [2.45, 2.75) is 13.0 Å². The highest BCUT2D eigenvalue weighted by Crippen LogP contribution is 2.27. The fourth-order valence-corrected chi connectivity index (χ4v) is 1.96. The number of rotatable bonds is 3. The van der Waals surface area contributed by atoms with Crippen LogP contribution in [0, 0.1) is 0 Å². The van der Waals surface area contributed by atoms with Crippen LogP contribution in [0.2, 0.25) is 5.02 Å². The van der Waals surface area contributed by atoms with E-state index in [2.05, 4.69) is 15.9 Å². The summed E-state index contributed by atoms with van der Waals surface area (Å²) in [4.78, 5) is 22.0. The smallest absolute Gasteiger partial charge is 0.419 e. The Balaban J connectivity index is 2.54. The summed E-state index contributed by atoms with van der Waals surface area (Å²) in [7, 11) is 0. The summed E-state index contributed by atoms with van der Waals surface area (Å²) in [5.41, 5.74) is 0.862. The van der Waals surface area contributed by atoms with Gasteiger partial charge in [-0.15, -0.1) is 0 Å². The van der Waals surface area contributed by atoms with E-state index in [1.54, 1.807) is 12.1 Å². The third-order valence-electron chi connectivity index (χ3n) is 2.26. The molecule has 0 spiro atoms. The summed E-state index contributed by atoms with van der Waals surface area (Å²) in [5, 5.41) is 9.03. The molecule has 90 valence electrons. The fourth-order valence-electron chi connectivity index (χ4n) is 1.48. The molecule has 0 radical (unpaired) electrons. The topological polar surface area (TPSA) is 72.4 Å². The average Bonchev–Trinajstić information content (AvgIpc) is 2.52. The van der Waals surface area contributed by atoms with Gasteiger partial charge in [-0.2, -0.15) is 0 Å². The van der Waals surface area contributed by atoms with Crippen molar-refractivity contribution in [2.24, 2.45) is 0 Å². The van der Waals surface area contributed by atoms with E-state index in [4.69, 9.17) is 21.1 Å². The Morgan fingerprint density at radius 2 is 2.24 bits per heavy atom. The van der Waals surface area contributed by atoms with Crippen molar-refractivity contribution in [1.82, 2.24) is 4.57 Å². The number of hydrogen-bond acceptors (Lipinski definition) is 3. The van der Waals surface area contributed by atoms with Crippen LogP contribution in [0.15, 0.2) is 25.8 Å². The Morgan fingerprint density at radius 3 is 2.88 bits per heavy atom. The normalized spacial score (nSPS) is 10.9. The molecule has 0 aliphatic carbocycles. The van der Waals surface area contributed by atoms with E-state index in [1.165, 1.54) is 4.57 Å². The number of aromatic nitrogens is 1. The standard InChI is InChI=1S/C10H7BrClNO4/c11-5-3-8-7(4-6(5)12)13(10(16)17-8)2-1-9(14)15/h3-4H,1-2H2,(H,14,15). The SMILES string of the molecule is O=C(O)CCn1c(=O)oc2cc(Br)c(Cl)cc21. The zero-order valence-electron chi connectivity index (χ0n) is 8.44. The summed E-state index contributed by atoms with van der Waals surface area (Å²) < 4.78 is 6.86. The van der Waals surface area contributed by atoms with Gasteiger partial charge in [0, 0.05) is 11.0 Å². The number of hydrogen-bond donors (Lipinski definition) is 1. The van der Waals surface area contributed by atoms with E-state index in [-0.39, 0.29) is 13.0 Å². The molecular weight excluding hydrogens is 313 g/mol. The Labute approximate surface area is 109 Å². The number of halogens is 2. The molecule has 5 nitrogen and oxygen atoms in total. The first-order chi connectivity index (χ1) is 7.99. The number of fused-ring (bicyclic) bond motifs is 1. The Kier molecular flexibility index (Phi) is 3.26. The second-order valence-electron chi connectivity index (χ2n) is 3.40. The van der Waals surface area contributed by atoms with Crippen molar-refractivity contribution in [1.29, 1.82) is 0 Å². The molecule has 0 aliphatic heterocycles. The maximum atomic E-state index is 11.5. The molecule has 2 aromatic rings. The fraction of sp³-hybridized carbons (Fsp3) is 0.200. The number of aliphatic carboxylic acids is 1. The van der Waals surface area contributed by atoms with Gasteiger partial charge in [-0.05, 0) is 28.1 Å².